The molecule has 190 valence electrons. The number of hydrogen-bond acceptors (Lipinski definition) is 2. The average Bonchev–Trinajstić information content (AvgIpc) is 2.94. The van der Waals surface area contributed by atoms with Crippen LogP contribution in [0.4, 0.5) is 0 Å². The first-order valence-electron chi connectivity index (χ1n) is 12.9. The van der Waals surface area contributed by atoms with Crippen molar-refractivity contribution in [3.8, 4) is 0 Å². The summed E-state index contributed by atoms with van der Waals surface area (Å²) in [5, 5.41) is 15.1. The van der Waals surface area contributed by atoms with E-state index in [0.29, 0.717) is 6.42 Å². The Morgan fingerprint density at radius 2 is 1.21 bits per heavy atom. The van der Waals surface area contributed by atoms with E-state index >= 15 is 0 Å². The molecular weight excluding hydrogens is 470 g/mol. The molecule has 5 aromatic rings. The van der Waals surface area contributed by atoms with E-state index in [9.17, 15) is 14.7 Å². The molecule has 0 spiro atoms. The molecule has 4 heteroatoms. The predicted molar refractivity (Wildman–Crippen MR) is 153 cm³/mol. The fraction of sp³-hybridized carbons (Fsp3) is 0.176. The molecule has 1 N–H and O–H groups in total. The van der Waals surface area contributed by atoms with Gasteiger partial charge in [0.1, 0.15) is 5.54 Å². The van der Waals surface area contributed by atoms with E-state index in [1.165, 1.54) is 6.92 Å². The van der Waals surface area contributed by atoms with Crippen molar-refractivity contribution in [1.29, 1.82) is 0 Å². The molecule has 0 bridgehead atoms. The van der Waals surface area contributed by atoms with Crippen molar-refractivity contribution in [2.24, 2.45) is 0 Å². The van der Waals surface area contributed by atoms with Crippen molar-refractivity contribution in [3.05, 3.63) is 132 Å². The SMILES string of the molecule is CC(=O)N(Cc1cccc2ccccc12)[C@](C)(C(=O)O)C(Cc1cccc2ccccc12)c1ccccc1. The average molecular weight is 502 g/mol. The zero-order valence-electron chi connectivity index (χ0n) is 21.7. The van der Waals surface area contributed by atoms with Crippen molar-refractivity contribution in [2.45, 2.75) is 38.3 Å². The van der Waals surface area contributed by atoms with Crippen molar-refractivity contribution in [3.63, 3.8) is 0 Å². The molecule has 4 nitrogen and oxygen atoms in total. The van der Waals surface area contributed by atoms with Crippen LogP contribution in [0.25, 0.3) is 21.5 Å². The van der Waals surface area contributed by atoms with Crippen LogP contribution < -0.4 is 0 Å². The van der Waals surface area contributed by atoms with Gasteiger partial charge in [-0.25, -0.2) is 4.79 Å². The second-order valence-corrected chi connectivity index (χ2v) is 10.0. The molecule has 0 saturated carbocycles. The largest absolute Gasteiger partial charge is 0.479 e. The number of nitrogens with zero attached hydrogens (tertiary/aromatic N) is 1. The molecule has 0 heterocycles. The van der Waals surface area contributed by atoms with E-state index in [-0.39, 0.29) is 12.5 Å². The Balaban J connectivity index is 1.66. The molecule has 0 aliphatic carbocycles. The van der Waals surface area contributed by atoms with Crippen molar-refractivity contribution in [1.82, 2.24) is 4.90 Å². The molecule has 38 heavy (non-hydrogen) atoms. The molecule has 2 atom stereocenters. The molecule has 0 saturated heterocycles. The highest BCUT2D eigenvalue weighted by Gasteiger charge is 2.48. The second kappa shape index (κ2) is 10.5. The van der Waals surface area contributed by atoms with Gasteiger partial charge in [0, 0.05) is 19.4 Å². The summed E-state index contributed by atoms with van der Waals surface area (Å²) in [5.74, 6) is -1.80. The van der Waals surface area contributed by atoms with Gasteiger partial charge in [-0.2, -0.15) is 0 Å². The number of carboxylic acids is 1. The van der Waals surface area contributed by atoms with E-state index in [0.717, 1.165) is 38.2 Å². The Kier molecular flexibility index (Phi) is 6.97. The smallest absolute Gasteiger partial charge is 0.330 e. The third-order valence-electron chi connectivity index (χ3n) is 7.77. The van der Waals surface area contributed by atoms with Gasteiger partial charge in [-0.3, -0.25) is 4.79 Å². The van der Waals surface area contributed by atoms with Gasteiger partial charge in [0.05, 0.1) is 0 Å². The summed E-state index contributed by atoms with van der Waals surface area (Å²) in [6.45, 7) is 3.36. The van der Waals surface area contributed by atoms with E-state index in [1.807, 2.05) is 91.0 Å². The second-order valence-electron chi connectivity index (χ2n) is 10.0. The Hall–Kier alpha value is -4.44. The molecule has 0 radical (unpaired) electrons. The van der Waals surface area contributed by atoms with Crippen molar-refractivity contribution in [2.75, 3.05) is 0 Å². The zero-order chi connectivity index (χ0) is 26.7. The highest BCUT2D eigenvalue weighted by atomic mass is 16.4. The summed E-state index contributed by atoms with van der Waals surface area (Å²) in [6.07, 6.45) is 0.466. The van der Waals surface area contributed by atoms with Crippen LogP contribution in [0.1, 0.15) is 36.5 Å². The molecular formula is C34H31NO3. The number of carbonyl (C=O) groups excluding carboxylic acids is 1. The summed E-state index contributed by atoms with van der Waals surface area (Å²) in [5.41, 5.74) is 1.34. The number of aliphatic carboxylic acids is 1. The Morgan fingerprint density at radius 3 is 1.79 bits per heavy atom. The maximum atomic E-state index is 13.3. The number of fused-ring (bicyclic) bond motifs is 2. The maximum Gasteiger partial charge on any atom is 0.330 e. The lowest BCUT2D eigenvalue weighted by Crippen LogP contribution is -2.58. The maximum absolute atomic E-state index is 13.3. The zero-order valence-corrected chi connectivity index (χ0v) is 21.7. The molecule has 0 aromatic heterocycles. The fourth-order valence-corrected chi connectivity index (χ4v) is 5.67. The van der Waals surface area contributed by atoms with Gasteiger partial charge in [0.2, 0.25) is 5.91 Å². The lowest BCUT2D eigenvalue weighted by Gasteiger charge is -2.43. The number of carbonyl (C=O) groups is 2. The summed E-state index contributed by atoms with van der Waals surface area (Å²) in [4.78, 5) is 28.1. The third-order valence-corrected chi connectivity index (χ3v) is 7.77. The van der Waals surface area contributed by atoms with Crippen LogP contribution in [0.2, 0.25) is 0 Å². The minimum Gasteiger partial charge on any atom is -0.479 e. The van der Waals surface area contributed by atoms with Gasteiger partial charge in [0.25, 0.3) is 0 Å². The number of hydrogen-bond donors (Lipinski definition) is 1. The highest BCUT2D eigenvalue weighted by molar-refractivity contribution is 5.90. The molecule has 1 amide bonds. The lowest BCUT2D eigenvalue weighted by molar-refractivity contribution is -0.160. The first-order valence-corrected chi connectivity index (χ1v) is 12.9. The first kappa shape index (κ1) is 25.2. The molecule has 0 aliphatic heterocycles. The van der Waals surface area contributed by atoms with Gasteiger partial charge in [-0.05, 0) is 51.6 Å². The van der Waals surface area contributed by atoms with E-state index in [4.69, 9.17) is 0 Å². The topological polar surface area (TPSA) is 57.6 Å². The van der Waals surface area contributed by atoms with Crippen molar-refractivity contribution < 1.29 is 14.7 Å². The summed E-state index contributed by atoms with van der Waals surface area (Å²) in [7, 11) is 0. The van der Waals surface area contributed by atoms with Gasteiger partial charge in [0.15, 0.2) is 0 Å². The minimum absolute atomic E-state index is 0.193. The van der Waals surface area contributed by atoms with Gasteiger partial charge < -0.3 is 10.0 Å². The fourth-order valence-electron chi connectivity index (χ4n) is 5.67. The van der Waals surface area contributed by atoms with E-state index in [2.05, 4.69) is 24.3 Å². The van der Waals surface area contributed by atoms with Gasteiger partial charge >= 0.3 is 5.97 Å². The molecule has 5 aromatic carbocycles. The first-order chi connectivity index (χ1) is 18.4. The number of rotatable bonds is 8. The molecule has 5 rings (SSSR count). The molecule has 0 fully saturated rings. The minimum atomic E-state index is -1.51. The van der Waals surface area contributed by atoms with Crippen LogP contribution in [-0.4, -0.2) is 27.4 Å². The molecule has 1 unspecified atom stereocenters. The number of amides is 1. The summed E-state index contributed by atoms with van der Waals surface area (Å²) >= 11 is 0. The summed E-state index contributed by atoms with van der Waals surface area (Å²) in [6, 6.07) is 37.9. The Bertz CT molecular complexity index is 1600. The number of benzene rings is 5. The van der Waals surface area contributed by atoms with Crippen LogP contribution in [0.3, 0.4) is 0 Å². The third kappa shape index (κ3) is 4.66. The lowest BCUT2D eigenvalue weighted by atomic mass is 9.74. The quantitative estimate of drug-likeness (QED) is 0.244. The van der Waals surface area contributed by atoms with Crippen LogP contribution in [-0.2, 0) is 22.6 Å². The summed E-state index contributed by atoms with van der Waals surface area (Å²) < 4.78 is 0. The molecule has 0 aliphatic rings. The Labute approximate surface area is 223 Å². The van der Waals surface area contributed by atoms with Crippen LogP contribution in [0.5, 0.6) is 0 Å². The normalized spacial score (nSPS) is 13.6. The Morgan fingerprint density at radius 1 is 0.711 bits per heavy atom. The van der Waals surface area contributed by atoms with Crippen LogP contribution in [0.15, 0.2) is 115 Å². The highest BCUT2D eigenvalue weighted by Crippen LogP contribution is 2.39. The van der Waals surface area contributed by atoms with Crippen LogP contribution in [0, 0.1) is 0 Å². The van der Waals surface area contributed by atoms with E-state index in [1.54, 1.807) is 11.8 Å². The van der Waals surface area contributed by atoms with Gasteiger partial charge in [-0.1, -0.05) is 115 Å². The number of carboxylic acid groups (broad SMARTS) is 1. The van der Waals surface area contributed by atoms with Crippen molar-refractivity contribution >= 4 is 33.4 Å². The predicted octanol–water partition coefficient (Wildman–Crippen LogP) is 7.21. The van der Waals surface area contributed by atoms with Crippen LogP contribution >= 0.6 is 0 Å². The standard InChI is InChI=1S/C34H31NO3/c1-24(36)35(23-29-19-11-17-26-13-7-9-21-31(26)29)34(2,33(37)38)32(27-14-4-3-5-15-27)22-28-18-10-16-25-12-6-8-20-30(25)28/h3-21,32H,22-23H2,1-2H3,(H,37,38)/t32?,34-/m0/s1. The van der Waals surface area contributed by atoms with Gasteiger partial charge in [-0.15, -0.1) is 0 Å². The monoisotopic (exact) mass is 501 g/mol. The van der Waals surface area contributed by atoms with E-state index < -0.39 is 17.4 Å².